The fraction of sp³-hybridized carbons (Fsp3) is 0.769. The number of hydrogen-bond acceptors (Lipinski definition) is 3. The summed E-state index contributed by atoms with van der Waals surface area (Å²) in [5.41, 5.74) is 1.43. The molecule has 0 aromatic carbocycles. The zero-order valence-electron chi connectivity index (χ0n) is 11.0. The molecule has 1 aromatic heterocycles. The Balaban J connectivity index is 1.81. The van der Waals surface area contributed by atoms with Crippen molar-refractivity contribution >= 4 is 0 Å². The molecule has 0 atom stereocenters. The van der Waals surface area contributed by atoms with E-state index in [9.17, 15) is 5.11 Å². The monoisotopic (exact) mass is 237 g/mol. The molecule has 1 aliphatic rings. The molecule has 1 saturated carbocycles. The second-order valence-electron chi connectivity index (χ2n) is 6.23. The van der Waals surface area contributed by atoms with Crippen LogP contribution in [0, 0.1) is 5.41 Å². The van der Waals surface area contributed by atoms with Gasteiger partial charge in [-0.3, -0.25) is 4.68 Å². The van der Waals surface area contributed by atoms with Gasteiger partial charge in [-0.2, -0.15) is 5.10 Å². The van der Waals surface area contributed by atoms with Crippen LogP contribution in [-0.4, -0.2) is 28.0 Å². The predicted octanol–water partition coefficient (Wildman–Crippen LogP) is 1.50. The summed E-state index contributed by atoms with van der Waals surface area (Å²) < 4.78 is 1.99. The minimum Gasteiger partial charge on any atom is -0.396 e. The lowest BCUT2D eigenvalue weighted by Crippen LogP contribution is -2.26. The minimum atomic E-state index is 0.0427. The van der Waals surface area contributed by atoms with E-state index in [0.717, 1.165) is 25.9 Å². The molecule has 0 bridgehead atoms. The Hall–Kier alpha value is -0.870. The Bertz CT molecular complexity index is 374. The van der Waals surface area contributed by atoms with Gasteiger partial charge < -0.3 is 10.4 Å². The topological polar surface area (TPSA) is 50.1 Å². The highest BCUT2D eigenvalue weighted by molar-refractivity contribution is 5.05. The summed E-state index contributed by atoms with van der Waals surface area (Å²) >= 11 is 0. The fourth-order valence-corrected chi connectivity index (χ4v) is 1.86. The Kier molecular flexibility index (Phi) is 3.27. The Morgan fingerprint density at radius 2 is 2.18 bits per heavy atom. The Labute approximate surface area is 103 Å². The number of aliphatic hydroxyl groups is 1. The van der Waals surface area contributed by atoms with E-state index in [2.05, 4.69) is 37.4 Å². The van der Waals surface area contributed by atoms with E-state index < -0.39 is 0 Å². The maximum Gasteiger partial charge on any atom is 0.0543 e. The molecule has 96 valence electrons. The summed E-state index contributed by atoms with van der Waals surface area (Å²) in [6.45, 7) is 8.47. The smallest absolute Gasteiger partial charge is 0.0543 e. The fourth-order valence-electron chi connectivity index (χ4n) is 1.86. The van der Waals surface area contributed by atoms with E-state index >= 15 is 0 Å². The van der Waals surface area contributed by atoms with Gasteiger partial charge in [0.15, 0.2) is 0 Å². The van der Waals surface area contributed by atoms with Crippen molar-refractivity contribution in [2.45, 2.75) is 45.7 Å². The summed E-state index contributed by atoms with van der Waals surface area (Å²) in [5, 5.41) is 17.0. The minimum absolute atomic E-state index is 0.0427. The number of rotatable bonds is 5. The van der Waals surface area contributed by atoms with Gasteiger partial charge in [-0.25, -0.2) is 0 Å². The van der Waals surface area contributed by atoms with E-state index in [1.165, 1.54) is 5.56 Å². The molecule has 0 aliphatic heterocycles. The second kappa shape index (κ2) is 4.42. The summed E-state index contributed by atoms with van der Waals surface area (Å²) in [4.78, 5) is 0. The van der Waals surface area contributed by atoms with Crippen molar-refractivity contribution in [2.75, 3.05) is 13.2 Å². The average molecular weight is 237 g/mol. The van der Waals surface area contributed by atoms with Gasteiger partial charge in [0.05, 0.1) is 11.7 Å². The summed E-state index contributed by atoms with van der Waals surface area (Å²) in [7, 11) is 0. The summed E-state index contributed by atoms with van der Waals surface area (Å²) in [6.07, 6.45) is 6.30. The second-order valence-corrected chi connectivity index (χ2v) is 6.23. The highest BCUT2D eigenvalue weighted by Gasteiger charge is 2.41. The van der Waals surface area contributed by atoms with Crippen molar-refractivity contribution in [1.29, 1.82) is 0 Å². The lowest BCUT2D eigenvalue weighted by molar-refractivity contribution is 0.207. The predicted molar refractivity (Wildman–Crippen MR) is 67.7 cm³/mol. The summed E-state index contributed by atoms with van der Waals surface area (Å²) in [6, 6.07) is 0. The van der Waals surface area contributed by atoms with E-state index in [0.29, 0.717) is 6.61 Å². The van der Waals surface area contributed by atoms with Crippen LogP contribution in [0.4, 0.5) is 0 Å². The molecule has 0 saturated heterocycles. The van der Waals surface area contributed by atoms with Gasteiger partial charge in [0.2, 0.25) is 0 Å². The molecule has 0 amide bonds. The Morgan fingerprint density at radius 1 is 1.47 bits per heavy atom. The molecule has 4 nitrogen and oxygen atoms in total. The van der Waals surface area contributed by atoms with Crippen molar-refractivity contribution in [3.63, 3.8) is 0 Å². The molecule has 0 radical (unpaired) electrons. The molecule has 1 aromatic rings. The quantitative estimate of drug-likeness (QED) is 0.816. The molecule has 2 N–H and O–H groups in total. The molecule has 1 aliphatic carbocycles. The maximum absolute atomic E-state index is 9.21. The first-order chi connectivity index (χ1) is 7.95. The van der Waals surface area contributed by atoms with Crippen molar-refractivity contribution in [3.8, 4) is 0 Å². The normalized spacial score (nSPS) is 18.4. The number of hydrogen-bond donors (Lipinski definition) is 2. The van der Waals surface area contributed by atoms with Gasteiger partial charge >= 0.3 is 0 Å². The van der Waals surface area contributed by atoms with Gasteiger partial charge in [-0.05, 0) is 33.6 Å². The van der Waals surface area contributed by atoms with Gasteiger partial charge in [0.1, 0.15) is 0 Å². The van der Waals surface area contributed by atoms with Crippen molar-refractivity contribution < 1.29 is 5.11 Å². The standard InChI is InChI=1S/C13H23N3O/c1-12(2,3)16-8-11(7-15-16)6-14-9-13(10-17)4-5-13/h7-8,14,17H,4-6,9-10H2,1-3H3. The van der Waals surface area contributed by atoms with Crippen LogP contribution in [0.2, 0.25) is 0 Å². The number of nitrogens with one attached hydrogen (secondary N) is 1. The van der Waals surface area contributed by atoms with E-state index in [4.69, 9.17) is 0 Å². The van der Waals surface area contributed by atoms with Crippen LogP contribution in [0.25, 0.3) is 0 Å². The molecular weight excluding hydrogens is 214 g/mol. The largest absolute Gasteiger partial charge is 0.396 e. The van der Waals surface area contributed by atoms with Crippen LogP contribution in [0.3, 0.4) is 0 Å². The molecule has 0 unspecified atom stereocenters. The molecule has 0 spiro atoms. The van der Waals surface area contributed by atoms with Crippen molar-refractivity contribution in [3.05, 3.63) is 18.0 Å². The van der Waals surface area contributed by atoms with Crippen LogP contribution in [0.15, 0.2) is 12.4 Å². The third kappa shape index (κ3) is 3.07. The highest BCUT2D eigenvalue weighted by atomic mass is 16.3. The van der Waals surface area contributed by atoms with Crippen LogP contribution in [0.1, 0.15) is 39.2 Å². The molecular formula is C13H23N3O. The van der Waals surface area contributed by atoms with Crippen molar-refractivity contribution in [2.24, 2.45) is 5.41 Å². The van der Waals surface area contributed by atoms with Crippen LogP contribution in [0.5, 0.6) is 0 Å². The van der Waals surface area contributed by atoms with Crippen LogP contribution >= 0.6 is 0 Å². The van der Waals surface area contributed by atoms with Gasteiger partial charge in [0, 0.05) is 36.9 Å². The molecule has 4 heteroatoms. The zero-order chi connectivity index (χ0) is 12.5. The molecule has 1 heterocycles. The summed E-state index contributed by atoms with van der Waals surface area (Å²) in [5.74, 6) is 0. The number of aliphatic hydroxyl groups excluding tert-OH is 1. The molecule has 2 rings (SSSR count). The zero-order valence-corrected chi connectivity index (χ0v) is 11.0. The SMILES string of the molecule is CC(C)(C)n1cc(CNCC2(CO)CC2)cn1. The van der Waals surface area contributed by atoms with Gasteiger partial charge in [0.25, 0.3) is 0 Å². The average Bonchev–Trinajstić information content (AvgIpc) is 2.86. The van der Waals surface area contributed by atoms with Gasteiger partial charge in [-0.1, -0.05) is 0 Å². The molecule has 1 fully saturated rings. The van der Waals surface area contributed by atoms with Crippen molar-refractivity contribution in [1.82, 2.24) is 15.1 Å². The molecule has 17 heavy (non-hydrogen) atoms. The van der Waals surface area contributed by atoms with Crippen LogP contribution < -0.4 is 5.32 Å². The lowest BCUT2D eigenvalue weighted by atomic mass is 10.1. The maximum atomic E-state index is 9.21. The van der Waals surface area contributed by atoms with Crippen LogP contribution in [-0.2, 0) is 12.1 Å². The van der Waals surface area contributed by atoms with E-state index in [1.807, 2.05) is 10.9 Å². The van der Waals surface area contributed by atoms with E-state index in [-0.39, 0.29) is 11.0 Å². The first-order valence-corrected chi connectivity index (χ1v) is 6.31. The van der Waals surface area contributed by atoms with E-state index in [1.54, 1.807) is 0 Å². The lowest BCUT2D eigenvalue weighted by Gasteiger charge is -2.18. The van der Waals surface area contributed by atoms with Gasteiger partial charge in [-0.15, -0.1) is 0 Å². The Morgan fingerprint density at radius 3 is 2.65 bits per heavy atom. The number of nitrogens with zero attached hydrogens (tertiary/aromatic N) is 2. The highest BCUT2D eigenvalue weighted by Crippen LogP contribution is 2.44. The third-order valence-corrected chi connectivity index (χ3v) is 3.45. The first-order valence-electron chi connectivity index (χ1n) is 6.31. The number of aromatic nitrogens is 2. The third-order valence-electron chi connectivity index (χ3n) is 3.45. The first kappa shape index (κ1) is 12.6.